The van der Waals surface area contributed by atoms with Crippen LogP contribution in [0.3, 0.4) is 0 Å². The number of fused-ring (bicyclic) bond motifs is 1. The highest BCUT2D eigenvalue weighted by Crippen LogP contribution is 2.20. The van der Waals surface area contributed by atoms with Crippen molar-refractivity contribution >= 4 is 21.6 Å². The Bertz CT molecular complexity index is 712. The fourth-order valence-corrected chi connectivity index (χ4v) is 2.66. The molecule has 0 unspecified atom stereocenters. The van der Waals surface area contributed by atoms with Gasteiger partial charge in [-0.25, -0.2) is 4.98 Å². The van der Waals surface area contributed by atoms with Gasteiger partial charge in [0.05, 0.1) is 17.5 Å². The van der Waals surface area contributed by atoms with Crippen molar-refractivity contribution in [3.8, 4) is 0 Å². The Hall–Kier alpha value is -1.95. The molecule has 6 heteroatoms. The highest BCUT2D eigenvalue weighted by molar-refractivity contribution is 7.16. The minimum Gasteiger partial charge on any atom is -0.364 e. The van der Waals surface area contributed by atoms with Crippen molar-refractivity contribution in [2.45, 2.75) is 13.3 Å². The first kappa shape index (κ1) is 10.2. The molecule has 0 saturated carbocycles. The summed E-state index contributed by atoms with van der Waals surface area (Å²) in [4.78, 5) is 19.8. The predicted molar refractivity (Wildman–Crippen MR) is 64.3 cm³/mol. The molecule has 3 heterocycles. The summed E-state index contributed by atoms with van der Waals surface area (Å²) < 4.78 is 4.74. The van der Waals surface area contributed by atoms with Gasteiger partial charge in [-0.05, 0) is 17.9 Å². The van der Waals surface area contributed by atoms with Crippen LogP contribution in [0.5, 0.6) is 0 Å². The van der Waals surface area contributed by atoms with E-state index >= 15 is 0 Å². The molecule has 3 aromatic rings. The van der Waals surface area contributed by atoms with E-state index in [1.807, 2.05) is 12.3 Å². The standard InChI is InChI=1S/C11H9N3O2S/c1-6-5-17-11-9(6)10(15)12-8(13-11)4-7-2-3-16-14-7/h2-3,5H,4H2,1H3,(H,12,13,15). The molecule has 0 aliphatic rings. The summed E-state index contributed by atoms with van der Waals surface area (Å²) in [6.45, 7) is 1.91. The molecule has 0 amide bonds. The molecule has 0 saturated heterocycles. The summed E-state index contributed by atoms with van der Waals surface area (Å²) in [6.07, 6.45) is 1.97. The van der Waals surface area contributed by atoms with Crippen molar-refractivity contribution in [3.63, 3.8) is 0 Å². The van der Waals surface area contributed by atoms with Crippen LogP contribution >= 0.6 is 11.3 Å². The van der Waals surface area contributed by atoms with Crippen LogP contribution in [0.1, 0.15) is 17.1 Å². The smallest absolute Gasteiger partial charge is 0.259 e. The Morgan fingerprint density at radius 2 is 2.41 bits per heavy atom. The first-order valence-electron chi connectivity index (χ1n) is 5.10. The van der Waals surface area contributed by atoms with Crippen LogP contribution in [0.4, 0.5) is 0 Å². The maximum atomic E-state index is 11.9. The van der Waals surface area contributed by atoms with Crippen molar-refractivity contribution in [3.05, 3.63) is 45.1 Å². The second-order valence-electron chi connectivity index (χ2n) is 3.78. The van der Waals surface area contributed by atoms with E-state index in [0.717, 1.165) is 16.1 Å². The topological polar surface area (TPSA) is 71.8 Å². The average molecular weight is 247 g/mol. The third kappa shape index (κ3) is 1.76. The van der Waals surface area contributed by atoms with E-state index in [1.165, 1.54) is 17.6 Å². The second kappa shape index (κ2) is 3.81. The van der Waals surface area contributed by atoms with Crippen LogP contribution in [0.15, 0.2) is 27.0 Å². The van der Waals surface area contributed by atoms with Gasteiger partial charge >= 0.3 is 0 Å². The van der Waals surface area contributed by atoms with Crippen LogP contribution in [0.25, 0.3) is 10.2 Å². The summed E-state index contributed by atoms with van der Waals surface area (Å²) in [7, 11) is 0. The molecule has 5 nitrogen and oxygen atoms in total. The number of rotatable bonds is 2. The van der Waals surface area contributed by atoms with Gasteiger partial charge in [-0.15, -0.1) is 11.3 Å². The summed E-state index contributed by atoms with van der Waals surface area (Å²) in [6, 6.07) is 1.75. The van der Waals surface area contributed by atoms with Crippen molar-refractivity contribution in [1.29, 1.82) is 0 Å². The van der Waals surface area contributed by atoms with Gasteiger partial charge in [0.15, 0.2) is 0 Å². The van der Waals surface area contributed by atoms with Gasteiger partial charge in [0.1, 0.15) is 16.9 Å². The highest BCUT2D eigenvalue weighted by atomic mass is 32.1. The van der Waals surface area contributed by atoms with Gasteiger partial charge in [0.2, 0.25) is 0 Å². The van der Waals surface area contributed by atoms with E-state index in [0.29, 0.717) is 17.6 Å². The molecule has 86 valence electrons. The number of H-pyrrole nitrogens is 1. The highest BCUT2D eigenvalue weighted by Gasteiger charge is 2.09. The third-order valence-electron chi connectivity index (χ3n) is 2.52. The zero-order chi connectivity index (χ0) is 11.8. The van der Waals surface area contributed by atoms with Crippen molar-refractivity contribution in [1.82, 2.24) is 15.1 Å². The molecule has 17 heavy (non-hydrogen) atoms. The fourth-order valence-electron chi connectivity index (χ4n) is 1.72. The number of nitrogens with one attached hydrogen (secondary N) is 1. The van der Waals surface area contributed by atoms with Gasteiger partial charge in [-0.1, -0.05) is 5.16 Å². The molecule has 0 aliphatic carbocycles. The summed E-state index contributed by atoms with van der Waals surface area (Å²) >= 11 is 1.48. The SMILES string of the molecule is Cc1csc2nc(Cc3ccon3)[nH]c(=O)c12. The van der Waals surface area contributed by atoms with Gasteiger partial charge in [-0.2, -0.15) is 0 Å². The minimum atomic E-state index is -0.0905. The lowest BCUT2D eigenvalue weighted by atomic mass is 10.2. The summed E-state index contributed by atoms with van der Waals surface area (Å²) in [5, 5.41) is 6.41. The van der Waals surface area contributed by atoms with Crippen LogP contribution in [0.2, 0.25) is 0 Å². The lowest BCUT2D eigenvalue weighted by molar-refractivity contribution is 0.412. The van der Waals surface area contributed by atoms with Crippen LogP contribution in [0, 0.1) is 6.92 Å². The number of aryl methyl sites for hydroxylation is 1. The molecule has 1 N–H and O–H groups in total. The molecule has 0 atom stereocenters. The zero-order valence-corrected chi connectivity index (χ0v) is 9.87. The molecule has 0 bridgehead atoms. The van der Waals surface area contributed by atoms with Crippen LogP contribution < -0.4 is 5.56 Å². The predicted octanol–water partition coefficient (Wildman–Crippen LogP) is 1.87. The van der Waals surface area contributed by atoms with E-state index < -0.39 is 0 Å². The number of nitrogens with zero attached hydrogens (tertiary/aromatic N) is 2. The van der Waals surface area contributed by atoms with E-state index in [-0.39, 0.29) is 5.56 Å². The van der Waals surface area contributed by atoms with Crippen molar-refractivity contribution < 1.29 is 4.52 Å². The Labute approximate surface area is 100 Å². The number of hydrogen-bond acceptors (Lipinski definition) is 5. The number of hydrogen-bond donors (Lipinski definition) is 1. The summed E-state index contributed by atoms with van der Waals surface area (Å²) in [5.41, 5.74) is 1.62. The largest absolute Gasteiger partial charge is 0.364 e. The fraction of sp³-hybridized carbons (Fsp3) is 0.182. The maximum absolute atomic E-state index is 11.9. The van der Waals surface area contributed by atoms with Crippen molar-refractivity contribution in [2.24, 2.45) is 0 Å². The molecular weight excluding hydrogens is 238 g/mol. The van der Waals surface area contributed by atoms with Crippen molar-refractivity contribution in [2.75, 3.05) is 0 Å². The molecule has 0 aliphatic heterocycles. The monoisotopic (exact) mass is 247 g/mol. The normalized spacial score (nSPS) is 11.1. The zero-order valence-electron chi connectivity index (χ0n) is 9.06. The lowest BCUT2D eigenvalue weighted by Crippen LogP contribution is -2.11. The molecule has 0 radical (unpaired) electrons. The van der Waals surface area contributed by atoms with Crippen LogP contribution in [-0.2, 0) is 6.42 Å². The molecule has 0 aromatic carbocycles. The maximum Gasteiger partial charge on any atom is 0.259 e. The second-order valence-corrected chi connectivity index (χ2v) is 4.64. The third-order valence-corrected chi connectivity index (χ3v) is 3.51. The van der Waals surface area contributed by atoms with E-state index in [9.17, 15) is 4.79 Å². The average Bonchev–Trinajstić information content (AvgIpc) is 2.89. The Morgan fingerprint density at radius 1 is 1.53 bits per heavy atom. The van der Waals surface area contributed by atoms with Gasteiger partial charge in [0, 0.05) is 6.07 Å². The van der Waals surface area contributed by atoms with Gasteiger partial charge in [0.25, 0.3) is 5.56 Å². The first-order chi connectivity index (χ1) is 8.24. The Balaban J connectivity index is 2.10. The van der Waals surface area contributed by atoms with Gasteiger partial charge in [-0.3, -0.25) is 4.79 Å². The molecule has 3 rings (SSSR count). The Kier molecular flexibility index (Phi) is 2.29. The molecule has 0 spiro atoms. The molecule has 0 fully saturated rings. The van der Waals surface area contributed by atoms with E-state index in [4.69, 9.17) is 4.52 Å². The Morgan fingerprint density at radius 3 is 3.18 bits per heavy atom. The van der Waals surface area contributed by atoms with E-state index in [1.54, 1.807) is 6.07 Å². The van der Waals surface area contributed by atoms with Gasteiger partial charge < -0.3 is 9.51 Å². The molecule has 3 aromatic heterocycles. The number of aromatic amines is 1. The minimum absolute atomic E-state index is 0.0905. The summed E-state index contributed by atoms with van der Waals surface area (Å²) in [5.74, 6) is 0.609. The lowest BCUT2D eigenvalue weighted by Gasteiger charge is -1.97. The molecular formula is C11H9N3O2S. The quantitative estimate of drug-likeness (QED) is 0.750. The van der Waals surface area contributed by atoms with Crippen LogP contribution in [-0.4, -0.2) is 15.1 Å². The van der Waals surface area contributed by atoms with E-state index in [2.05, 4.69) is 15.1 Å². The number of aromatic nitrogens is 3. The first-order valence-corrected chi connectivity index (χ1v) is 5.98. The number of thiophene rings is 1.